The molecule has 1 fully saturated rings. The third-order valence-electron chi connectivity index (χ3n) is 2.86. The van der Waals surface area contributed by atoms with E-state index in [-0.39, 0.29) is 4.90 Å². The minimum Gasteiger partial charge on any atom is -0.314 e. The van der Waals surface area contributed by atoms with Gasteiger partial charge in [0.05, 0.1) is 4.90 Å². The van der Waals surface area contributed by atoms with Crippen molar-refractivity contribution in [2.24, 2.45) is 0 Å². The summed E-state index contributed by atoms with van der Waals surface area (Å²) in [5.74, 6) is 0. The fourth-order valence-electron chi connectivity index (χ4n) is 1.77. The van der Waals surface area contributed by atoms with E-state index in [0.29, 0.717) is 31.2 Å². The third-order valence-corrected chi connectivity index (χ3v) is 5.16. The maximum absolute atomic E-state index is 12.3. The van der Waals surface area contributed by atoms with Crippen LogP contribution in [0.4, 0.5) is 0 Å². The van der Waals surface area contributed by atoms with E-state index in [1.807, 2.05) is 6.92 Å². The van der Waals surface area contributed by atoms with Crippen molar-refractivity contribution in [1.29, 1.82) is 0 Å². The molecule has 0 saturated carbocycles. The van der Waals surface area contributed by atoms with Gasteiger partial charge in [0.15, 0.2) is 0 Å². The van der Waals surface area contributed by atoms with Crippen LogP contribution in [0.3, 0.4) is 0 Å². The van der Waals surface area contributed by atoms with Gasteiger partial charge in [-0.25, -0.2) is 8.42 Å². The normalized spacial score (nSPS) is 18.2. The lowest BCUT2D eigenvalue weighted by molar-refractivity contribution is 0.360. The van der Waals surface area contributed by atoms with Crippen molar-refractivity contribution in [2.45, 2.75) is 11.8 Å². The average molecular weight is 275 g/mol. The van der Waals surface area contributed by atoms with Gasteiger partial charge in [0.25, 0.3) is 0 Å². The highest BCUT2D eigenvalue weighted by Crippen LogP contribution is 2.22. The van der Waals surface area contributed by atoms with Gasteiger partial charge in [0, 0.05) is 31.2 Å². The van der Waals surface area contributed by atoms with E-state index < -0.39 is 10.0 Å². The lowest BCUT2D eigenvalue weighted by atomic mass is 10.2. The smallest absolute Gasteiger partial charge is 0.243 e. The molecule has 2 rings (SSSR count). The van der Waals surface area contributed by atoms with Crippen LogP contribution >= 0.6 is 11.6 Å². The molecule has 0 aromatic heterocycles. The number of hydrogen-bond donors (Lipinski definition) is 1. The predicted octanol–water partition coefficient (Wildman–Crippen LogP) is 1.24. The number of piperazine rings is 1. The fourth-order valence-corrected chi connectivity index (χ4v) is 3.48. The molecule has 0 bridgehead atoms. The van der Waals surface area contributed by atoms with Crippen molar-refractivity contribution in [2.75, 3.05) is 26.2 Å². The molecule has 0 amide bonds. The minimum absolute atomic E-state index is 0.273. The molecular formula is C11H15ClN2O2S. The molecular weight excluding hydrogens is 260 g/mol. The van der Waals surface area contributed by atoms with E-state index in [4.69, 9.17) is 11.6 Å². The summed E-state index contributed by atoms with van der Waals surface area (Å²) in [6, 6.07) is 4.87. The van der Waals surface area contributed by atoms with Gasteiger partial charge in [-0.1, -0.05) is 17.7 Å². The lowest BCUT2D eigenvalue weighted by Crippen LogP contribution is -2.46. The van der Waals surface area contributed by atoms with Crippen molar-refractivity contribution >= 4 is 21.6 Å². The lowest BCUT2D eigenvalue weighted by Gasteiger charge is -2.26. The van der Waals surface area contributed by atoms with Crippen LogP contribution in [0.1, 0.15) is 5.56 Å². The summed E-state index contributed by atoms with van der Waals surface area (Å²) >= 11 is 5.96. The number of rotatable bonds is 2. The molecule has 1 saturated heterocycles. The van der Waals surface area contributed by atoms with E-state index >= 15 is 0 Å². The Labute approximate surface area is 107 Å². The first-order valence-electron chi connectivity index (χ1n) is 5.49. The molecule has 0 unspecified atom stereocenters. The Morgan fingerprint density at radius 2 is 1.94 bits per heavy atom. The monoisotopic (exact) mass is 274 g/mol. The van der Waals surface area contributed by atoms with E-state index in [2.05, 4.69) is 5.32 Å². The Hall–Kier alpha value is -0.620. The van der Waals surface area contributed by atoms with Gasteiger partial charge in [0.2, 0.25) is 10.0 Å². The molecule has 0 spiro atoms. The Kier molecular flexibility index (Phi) is 3.73. The summed E-state index contributed by atoms with van der Waals surface area (Å²) in [7, 11) is -3.39. The third kappa shape index (κ3) is 2.63. The Morgan fingerprint density at radius 1 is 1.29 bits per heavy atom. The van der Waals surface area contributed by atoms with Crippen LogP contribution in [0, 0.1) is 6.92 Å². The molecule has 17 heavy (non-hydrogen) atoms. The zero-order valence-corrected chi connectivity index (χ0v) is 11.2. The number of sulfonamides is 1. The summed E-state index contributed by atoms with van der Waals surface area (Å²) in [6.07, 6.45) is 0. The number of hydrogen-bond acceptors (Lipinski definition) is 3. The van der Waals surface area contributed by atoms with Gasteiger partial charge in [-0.2, -0.15) is 4.31 Å². The highest BCUT2D eigenvalue weighted by atomic mass is 35.5. The van der Waals surface area contributed by atoms with Crippen LogP contribution in [-0.2, 0) is 10.0 Å². The van der Waals surface area contributed by atoms with E-state index in [1.165, 1.54) is 10.4 Å². The van der Waals surface area contributed by atoms with Crippen molar-refractivity contribution in [3.8, 4) is 0 Å². The quantitative estimate of drug-likeness (QED) is 0.883. The second kappa shape index (κ2) is 4.94. The van der Waals surface area contributed by atoms with E-state index in [1.54, 1.807) is 12.1 Å². The molecule has 0 atom stereocenters. The van der Waals surface area contributed by atoms with Crippen molar-refractivity contribution in [3.63, 3.8) is 0 Å². The Balaban J connectivity index is 2.33. The summed E-state index contributed by atoms with van der Waals surface area (Å²) in [5.41, 5.74) is 0.880. The number of benzene rings is 1. The standard InChI is InChI=1S/C11H15ClN2O2S/c1-9-2-3-10(8-11(9)12)17(15,16)14-6-4-13-5-7-14/h2-3,8,13H,4-7H2,1H3. The topological polar surface area (TPSA) is 49.4 Å². The van der Waals surface area contributed by atoms with E-state index in [9.17, 15) is 8.42 Å². The zero-order chi connectivity index (χ0) is 12.5. The van der Waals surface area contributed by atoms with Gasteiger partial charge >= 0.3 is 0 Å². The largest absolute Gasteiger partial charge is 0.314 e. The van der Waals surface area contributed by atoms with Gasteiger partial charge in [-0.15, -0.1) is 0 Å². The predicted molar refractivity (Wildman–Crippen MR) is 67.8 cm³/mol. The molecule has 0 radical (unpaired) electrons. The van der Waals surface area contributed by atoms with Gasteiger partial charge in [-0.3, -0.25) is 0 Å². The van der Waals surface area contributed by atoms with Crippen LogP contribution in [0.15, 0.2) is 23.1 Å². The maximum atomic E-state index is 12.3. The average Bonchev–Trinajstić information content (AvgIpc) is 2.33. The molecule has 4 nitrogen and oxygen atoms in total. The molecule has 94 valence electrons. The van der Waals surface area contributed by atoms with Crippen LogP contribution in [-0.4, -0.2) is 38.9 Å². The molecule has 1 N–H and O–H groups in total. The molecule has 6 heteroatoms. The maximum Gasteiger partial charge on any atom is 0.243 e. The zero-order valence-electron chi connectivity index (χ0n) is 9.61. The molecule has 1 aliphatic rings. The van der Waals surface area contributed by atoms with Crippen LogP contribution in [0.5, 0.6) is 0 Å². The molecule has 1 aromatic rings. The first kappa shape index (κ1) is 12.8. The molecule has 1 aliphatic heterocycles. The van der Waals surface area contributed by atoms with Gasteiger partial charge in [0.1, 0.15) is 0 Å². The molecule has 1 aromatic carbocycles. The summed E-state index contributed by atoms with van der Waals surface area (Å²) < 4.78 is 26.1. The summed E-state index contributed by atoms with van der Waals surface area (Å²) in [6.45, 7) is 4.25. The highest BCUT2D eigenvalue weighted by molar-refractivity contribution is 7.89. The SMILES string of the molecule is Cc1ccc(S(=O)(=O)N2CCNCC2)cc1Cl. The second-order valence-corrected chi connectivity index (χ2v) is 6.41. The number of nitrogens with one attached hydrogen (secondary N) is 1. The second-order valence-electron chi connectivity index (χ2n) is 4.07. The Morgan fingerprint density at radius 3 is 2.53 bits per heavy atom. The first-order chi connectivity index (χ1) is 8.01. The van der Waals surface area contributed by atoms with Crippen molar-refractivity contribution in [1.82, 2.24) is 9.62 Å². The van der Waals surface area contributed by atoms with Crippen LogP contribution in [0.2, 0.25) is 5.02 Å². The molecule has 1 heterocycles. The van der Waals surface area contributed by atoms with Gasteiger partial charge in [-0.05, 0) is 24.6 Å². The van der Waals surface area contributed by atoms with Crippen LogP contribution in [0.25, 0.3) is 0 Å². The summed E-state index contributed by atoms with van der Waals surface area (Å²) in [5, 5.41) is 3.61. The minimum atomic E-state index is -3.39. The van der Waals surface area contributed by atoms with Crippen molar-refractivity contribution in [3.05, 3.63) is 28.8 Å². The van der Waals surface area contributed by atoms with E-state index in [0.717, 1.165) is 5.56 Å². The first-order valence-corrected chi connectivity index (χ1v) is 7.30. The molecule has 0 aliphatic carbocycles. The number of nitrogens with zero attached hydrogens (tertiary/aromatic N) is 1. The Bertz CT molecular complexity index is 510. The van der Waals surface area contributed by atoms with Gasteiger partial charge < -0.3 is 5.32 Å². The highest BCUT2D eigenvalue weighted by Gasteiger charge is 2.25. The summed E-state index contributed by atoms with van der Waals surface area (Å²) in [4.78, 5) is 0.273. The fraction of sp³-hybridized carbons (Fsp3) is 0.455. The number of halogens is 1. The van der Waals surface area contributed by atoms with Crippen LogP contribution < -0.4 is 5.32 Å². The van der Waals surface area contributed by atoms with Crippen molar-refractivity contribution < 1.29 is 8.42 Å². The number of aryl methyl sites for hydroxylation is 1.